The molecule has 110 valence electrons. The maximum Gasteiger partial charge on any atom is 0.265 e. The first-order valence-electron chi connectivity index (χ1n) is 6.45. The molecule has 0 aromatic heterocycles. The highest BCUT2D eigenvalue weighted by atomic mass is 19.1. The van der Waals surface area contributed by atoms with Crippen LogP contribution in [0.25, 0.3) is 0 Å². The summed E-state index contributed by atoms with van der Waals surface area (Å²) in [6.45, 7) is 1.63. The van der Waals surface area contributed by atoms with Crippen molar-refractivity contribution in [3.05, 3.63) is 54.3 Å². The van der Waals surface area contributed by atoms with E-state index < -0.39 is 6.10 Å². The van der Waals surface area contributed by atoms with E-state index in [-0.39, 0.29) is 11.7 Å². The van der Waals surface area contributed by atoms with Crippen molar-refractivity contribution >= 4 is 11.6 Å². The Kier molecular flexibility index (Phi) is 4.77. The number of halogens is 1. The molecule has 0 aliphatic rings. The molecule has 1 amide bonds. The van der Waals surface area contributed by atoms with Crippen LogP contribution >= 0.6 is 0 Å². The van der Waals surface area contributed by atoms with E-state index in [9.17, 15) is 9.18 Å². The highest BCUT2D eigenvalue weighted by Gasteiger charge is 2.14. The number of nitrogens with one attached hydrogen (secondary N) is 1. The molecule has 0 unspecified atom stereocenters. The highest BCUT2D eigenvalue weighted by molar-refractivity contribution is 5.94. The van der Waals surface area contributed by atoms with Gasteiger partial charge in [0.25, 0.3) is 5.91 Å². The van der Waals surface area contributed by atoms with Gasteiger partial charge in [0.05, 0.1) is 7.11 Å². The van der Waals surface area contributed by atoms with Crippen LogP contribution in [-0.2, 0) is 4.79 Å². The Morgan fingerprint density at radius 1 is 1.05 bits per heavy atom. The molecule has 1 atom stereocenters. The van der Waals surface area contributed by atoms with E-state index in [4.69, 9.17) is 9.47 Å². The first-order valence-corrected chi connectivity index (χ1v) is 6.45. The molecule has 0 saturated heterocycles. The standard InChI is InChI=1S/C16H16FNO3/c1-11(21-15-7-3-12(17)4-8-15)16(19)18-13-5-9-14(20-2)10-6-13/h3-11H,1-2H3,(H,18,19)/t11-/m0/s1. The summed E-state index contributed by atoms with van der Waals surface area (Å²) in [6.07, 6.45) is -0.697. The number of carbonyl (C=O) groups is 1. The van der Waals surface area contributed by atoms with Gasteiger partial charge < -0.3 is 14.8 Å². The van der Waals surface area contributed by atoms with Gasteiger partial charge in [0.1, 0.15) is 17.3 Å². The number of benzene rings is 2. The first-order chi connectivity index (χ1) is 10.1. The normalized spacial score (nSPS) is 11.6. The summed E-state index contributed by atoms with van der Waals surface area (Å²) >= 11 is 0. The molecule has 2 rings (SSSR count). The zero-order chi connectivity index (χ0) is 15.2. The van der Waals surface area contributed by atoms with Crippen molar-refractivity contribution in [1.82, 2.24) is 0 Å². The van der Waals surface area contributed by atoms with Gasteiger partial charge in [0.15, 0.2) is 6.10 Å². The van der Waals surface area contributed by atoms with Crippen LogP contribution in [0.4, 0.5) is 10.1 Å². The van der Waals surface area contributed by atoms with E-state index in [2.05, 4.69) is 5.32 Å². The van der Waals surface area contributed by atoms with Gasteiger partial charge in [0.2, 0.25) is 0 Å². The van der Waals surface area contributed by atoms with E-state index in [1.165, 1.54) is 24.3 Å². The molecule has 2 aromatic rings. The molecule has 0 aliphatic carbocycles. The maximum absolute atomic E-state index is 12.8. The Balaban J connectivity index is 1.93. The van der Waals surface area contributed by atoms with E-state index in [0.717, 1.165) is 0 Å². The van der Waals surface area contributed by atoms with Crippen LogP contribution in [0.15, 0.2) is 48.5 Å². The van der Waals surface area contributed by atoms with E-state index in [0.29, 0.717) is 17.2 Å². The second kappa shape index (κ2) is 6.74. The third-order valence-corrected chi connectivity index (χ3v) is 2.85. The van der Waals surface area contributed by atoms with Crippen LogP contribution in [0.1, 0.15) is 6.92 Å². The zero-order valence-electron chi connectivity index (χ0n) is 11.8. The van der Waals surface area contributed by atoms with Crippen molar-refractivity contribution in [2.45, 2.75) is 13.0 Å². The molecule has 0 heterocycles. The number of amides is 1. The van der Waals surface area contributed by atoms with Gasteiger partial charge in [-0.3, -0.25) is 4.79 Å². The highest BCUT2D eigenvalue weighted by Crippen LogP contribution is 2.17. The Morgan fingerprint density at radius 2 is 1.62 bits per heavy atom. The molecule has 4 nitrogen and oxygen atoms in total. The molecule has 0 radical (unpaired) electrons. The van der Waals surface area contributed by atoms with Crippen molar-refractivity contribution in [3.63, 3.8) is 0 Å². The minimum atomic E-state index is -0.697. The van der Waals surface area contributed by atoms with Gasteiger partial charge in [-0.25, -0.2) is 4.39 Å². The summed E-state index contributed by atoms with van der Waals surface area (Å²) in [4.78, 5) is 12.0. The van der Waals surface area contributed by atoms with Crippen molar-refractivity contribution in [2.75, 3.05) is 12.4 Å². The second-order valence-electron chi connectivity index (χ2n) is 4.43. The lowest BCUT2D eigenvalue weighted by atomic mass is 10.2. The molecular formula is C16H16FNO3. The number of hydrogen-bond donors (Lipinski definition) is 1. The average Bonchev–Trinajstić information content (AvgIpc) is 2.50. The summed E-state index contributed by atoms with van der Waals surface area (Å²) in [5, 5.41) is 2.73. The fraction of sp³-hybridized carbons (Fsp3) is 0.188. The molecule has 0 fully saturated rings. The van der Waals surface area contributed by atoms with Gasteiger partial charge in [-0.05, 0) is 55.5 Å². The molecule has 5 heteroatoms. The van der Waals surface area contributed by atoms with E-state index in [1.54, 1.807) is 38.3 Å². The fourth-order valence-corrected chi connectivity index (χ4v) is 1.69. The average molecular weight is 289 g/mol. The van der Waals surface area contributed by atoms with Crippen LogP contribution in [0.2, 0.25) is 0 Å². The predicted octanol–water partition coefficient (Wildman–Crippen LogP) is 3.24. The lowest BCUT2D eigenvalue weighted by Gasteiger charge is -2.14. The summed E-state index contributed by atoms with van der Waals surface area (Å²) in [6, 6.07) is 12.5. The van der Waals surface area contributed by atoms with Gasteiger partial charge in [-0.1, -0.05) is 0 Å². The third kappa shape index (κ3) is 4.21. The van der Waals surface area contributed by atoms with Crippen molar-refractivity contribution in [2.24, 2.45) is 0 Å². The van der Waals surface area contributed by atoms with Crippen LogP contribution in [0.3, 0.4) is 0 Å². The lowest BCUT2D eigenvalue weighted by Crippen LogP contribution is -2.30. The van der Waals surface area contributed by atoms with Crippen molar-refractivity contribution < 1.29 is 18.7 Å². The minimum Gasteiger partial charge on any atom is -0.497 e. The number of carbonyl (C=O) groups excluding carboxylic acids is 1. The van der Waals surface area contributed by atoms with Gasteiger partial charge >= 0.3 is 0 Å². The Morgan fingerprint density at radius 3 is 2.19 bits per heavy atom. The van der Waals surface area contributed by atoms with Gasteiger partial charge in [0, 0.05) is 5.69 Å². The molecule has 2 aromatic carbocycles. The maximum atomic E-state index is 12.8. The Bertz CT molecular complexity index is 596. The Hall–Kier alpha value is -2.56. The molecule has 0 saturated carbocycles. The molecule has 21 heavy (non-hydrogen) atoms. The largest absolute Gasteiger partial charge is 0.497 e. The quantitative estimate of drug-likeness (QED) is 0.919. The smallest absolute Gasteiger partial charge is 0.265 e. The first kappa shape index (κ1) is 14.8. The molecule has 0 spiro atoms. The van der Waals surface area contributed by atoms with Crippen LogP contribution in [-0.4, -0.2) is 19.1 Å². The Labute approximate surface area is 122 Å². The molecular weight excluding hydrogens is 273 g/mol. The summed E-state index contributed by atoms with van der Waals surface area (Å²) in [5.41, 5.74) is 0.648. The minimum absolute atomic E-state index is 0.288. The van der Waals surface area contributed by atoms with Gasteiger partial charge in [-0.15, -0.1) is 0 Å². The summed E-state index contributed by atoms with van der Waals surface area (Å²) < 4.78 is 23.3. The number of ether oxygens (including phenoxy) is 2. The predicted molar refractivity (Wildman–Crippen MR) is 78.1 cm³/mol. The van der Waals surface area contributed by atoms with Crippen LogP contribution in [0.5, 0.6) is 11.5 Å². The summed E-state index contributed by atoms with van der Waals surface area (Å²) in [7, 11) is 1.58. The van der Waals surface area contributed by atoms with Crippen LogP contribution < -0.4 is 14.8 Å². The third-order valence-electron chi connectivity index (χ3n) is 2.85. The molecule has 0 aliphatic heterocycles. The summed E-state index contributed by atoms with van der Waals surface area (Å²) in [5.74, 6) is 0.513. The lowest BCUT2D eigenvalue weighted by molar-refractivity contribution is -0.122. The number of anilines is 1. The SMILES string of the molecule is COc1ccc(NC(=O)[C@H](C)Oc2ccc(F)cc2)cc1. The monoisotopic (exact) mass is 289 g/mol. The van der Waals surface area contributed by atoms with E-state index >= 15 is 0 Å². The second-order valence-corrected chi connectivity index (χ2v) is 4.43. The molecule has 1 N–H and O–H groups in total. The number of methoxy groups -OCH3 is 1. The molecule has 0 bridgehead atoms. The van der Waals surface area contributed by atoms with E-state index in [1.807, 2.05) is 0 Å². The van der Waals surface area contributed by atoms with Crippen molar-refractivity contribution in [1.29, 1.82) is 0 Å². The topological polar surface area (TPSA) is 47.6 Å². The zero-order valence-corrected chi connectivity index (χ0v) is 11.8. The fourth-order valence-electron chi connectivity index (χ4n) is 1.69. The van der Waals surface area contributed by atoms with Gasteiger partial charge in [-0.2, -0.15) is 0 Å². The number of hydrogen-bond acceptors (Lipinski definition) is 3. The van der Waals surface area contributed by atoms with Crippen LogP contribution in [0, 0.1) is 5.82 Å². The number of rotatable bonds is 5. The van der Waals surface area contributed by atoms with Crippen molar-refractivity contribution in [3.8, 4) is 11.5 Å².